The standard InChI is InChI=1S/C20H27N5O3S/c1-6-13(18(27)23-20(3,4)5)25(12-9-7-8-11(2)10-12)19(28)16-14(21)15(17(22)26)24-29-16/h7-10,13H,6,21H2,1-5H3,(H2,22,26)(H,23,27)/t13-/m1/s1. The van der Waals surface area contributed by atoms with E-state index in [2.05, 4.69) is 9.69 Å². The summed E-state index contributed by atoms with van der Waals surface area (Å²) < 4.78 is 3.91. The summed E-state index contributed by atoms with van der Waals surface area (Å²) in [7, 11) is 0. The molecule has 0 spiro atoms. The number of hydrogen-bond acceptors (Lipinski definition) is 6. The number of primary amides is 1. The van der Waals surface area contributed by atoms with Crippen LogP contribution in [0.5, 0.6) is 0 Å². The Labute approximate surface area is 174 Å². The fraction of sp³-hybridized carbons (Fsp3) is 0.400. The fourth-order valence-corrected chi connectivity index (χ4v) is 3.64. The van der Waals surface area contributed by atoms with Crippen LogP contribution in [0.15, 0.2) is 24.3 Å². The minimum Gasteiger partial charge on any atom is -0.395 e. The van der Waals surface area contributed by atoms with E-state index in [4.69, 9.17) is 11.5 Å². The van der Waals surface area contributed by atoms with Crippen LogP contribution in [0.1, 0.15) is 59.8 Å². The van der Waals surface area contributed by atoms with Crippen LogP contribution in [0.4, 0.5) is 11.4 Å². The number of hydrogen-bond donors (Lipinski definition) is 3. The quantitative estimate of drug-likeness (QED) is 0.664. The Morgan fingerprint density at radius 1 is 1.28 bits per heavy atom. The van der Waals surface area contributed by atoms with Crippen molar-refractivity contribution in [2.24, 2.45) is 5.73 Å². The molecular weight excluding hydrogens is 390 g/mol. The molecule has 0 radical (unpaired) electrons. The maximum Gasteiger partial charge on any atom is 0.272 e. The largest absolute Gasteiger partial charge is 0.395 e. The van der Waals surface area contributed by atoms with E-state index in [0.29, 0.717) is 12.1 Å². The van der Waals surface area contributed by atoms with Crippen molar-refractivity contribution < 1.29 is 14.4 Å². The molecule has 1 aromatic heterocycles. The smallest absolute Gasteiger partial charge is 0.272 e. The first-order valence-electron chi connectivity index (χ1n) is 9.23. The van der Waals surface area contributed by atoms with Gasteiger partial charge < -0.3 is 16.8 Å². The van der Waals surface area contributed by atoms with Crippen molar-refractivity contribution in [3.63, 3.8) is 0 Å². The molecular formula is C20H27N5O3S. The van der Waals surface area contributed by atoms with E-state index in [-0.39, 0.29) is 22.2 Å². The van der Waals surface area contributed by atoms with Crippen molar-refractivity contribution in [3.8, 4) is 0 Å². The number of benzene rings is 1. The van der Waals surface area contributed by atoms with Crippen LogP contribution < -0.4 is 21.7 Å². The molecule has 0 bridgehead atoms. The van der Waals surface area contributed by atoms with E-state index >= 15 is 0 Å². The van der Waals surface area contributed by atoms with Gasteiger partial charge in [-0.25, -0.2) is 0 Å². The molecule has 1 aromatic carbocycles. The van der Waals surface area contributed by atoms with Gasteiger partial charge in [0, 0.05) is 11.2 Å². The topological polar surface area (TPSA) is 131 Å². The summed E-state index contributed by atoms with van der Waals surface area (Å²) in [5.74, 6) is -1.60. The maximum atomic E-state index is 13.5. The highest BCUT2D eigenvalue weighted by Crippen LogP contribution is 2.29. The summed E-state index contributed by atoms with van der Waals surface area (Å²) in [5.41, 5.74) is 12.1. The average Bonchev–Trinajstić information content (AvgIpc) is 2.99. The number of anilines is 2. The molecule has 9 heteroatoms. The number of rotatable bonds is 6. The van der Waals surface area contributed by atoms with Crippen LogP contribution in [-0.2, 0) is 4.79 Å². The molecule has 0 aliphatic rings. The lowest BCUT2D eigenvalue weighted by Crippen LogP contribution is -2.54. The lowest BCUT2D eigenvalue weighted by molar-refractivity contribution is -0.123. The molecule has 0 unspecified atom stereocenters. The zero-order chi connectivity index (χ0) is 21.9. The molecule has 0 aliphatic heterocycles. The van der Waals surface area contributed by atoms with E-state index in [9.17, 15) is 14.4 Å². The lowest BCUT2D eigenvalue weighted by Gasteiger charge is -2.33. The number of nitrogens with two attached hydrogens (primary N) is 2. The second-order valence-corrected chi connectivity index (χ2v) is 8.59. The summed E-state index contributed by atoms with van der Waals surface area (Å²) >= 11 is 0.794. The minimum absolute atomic E-state index is 0.0716. The van der Waals surface area contributed by atoms with Gasteiger partial charge in [-0.05, 0) is 63.3 Å². The van der Waals surface area contributed by atoms with Crippen molar-refractivity contribution in [1.29, 1.82) is 0 Å². The van der Waals surface area contributed by atoms with E-state index in [1.807, 2.05) is 52.8 Å². The Bertz CT molecular complexity index is 932. The number of aromatic nitrogens is 1. The van der Waals surface area contributed by atoms with Gasteiger partial charge in [0.05, 0.1) is 5.69 Å². The summed E-state index contributed by atoms with van der Waals surface area (Å²) in [6.07, 6.45) is 0.378. The Morgan fingerprint density at radius 2 is 1.93 bits per heavy atom. The van der Waals surface area contributed by atoms with Gasteiger partial charge in [-0.15, -0.1) is 0 Å². The monoisotopic (exact) mass is 417 g/mol. The Morgan fingerprint density at radius 3 is 2.41 bits per heavy atom. The molecule has 2 aromatic rings. The van der Waals surface area contributed by atoms with E-state index < -0.39 is 23.4 Å². The Balaban J connectivity index is 2.57. The van der Waals surface area contributed by atoms with Gasteiger partial charge in [-0.1, -0.05) is 19.1 Å². The van der Waals surface area contributed by atoms with Gasteiger partial charge in [-0.2, -0.15) is 4.37 Å². The van der Waals surface area contributed by atoms with Crippen molar-refractivity contribution in [3.05, 3.63) is 40.4 Å². The Kier molecular flexibility index (Phi) is 6.63. The number of carbonyl (C=O) groups excluding carboxylic acids is 3. The van der Waals surface area contributed by atoms with Gasteiger partial charge in [0.15, 0.2) is 5.69 Å². The minimum atomic E-state index is -0.808. The van der Waals surface area contributed by atoms with E-state index in [0.717, 1.165) is 17.1 Å². The lowest BCUT2D eigenvalue weighted by atomic mass is 10.0. The fourth-order valence-electron chi connectivity index (χ4n) is 2.89. The Hall–Kier alpha value is -2.94. The van der Waals surface area contributed by atoms with Crippen LogP contribution in [-0.4, -0.2) is 33.7 Å². The van der Waals surface area contributed by atoms with Crippen LogP contribution >= 0.6 is 11.5 Å². The first-order valence-corrected chi connectivity index (χ1v) is 10.0. The number of amides is 3. The molecule has 1 atom stereocenters. The molecule has 156 valence electrons. The number of aryl methyl sites for hydroxylation is 1. The molecule has 3 amide bonds. The van der Waals surface area contributed by atoms with Gasteiger partial charge in [0.1, 0.15) is 10.9 Å². The van der Waals surface area contributed by atoms with Gasteiger partial charge in [0.25, 0.3) is 11.8 Å². The molecule has 0 saturated heterocycles. The number of nitrogens with zero attached hydrogens (tertiary/aromatic N) is 2. The zero-order valence-electron chi connectivity index (χ0n) is 17.3. The van der Waals surface area contributed by atoms with Crippen LogP contribution in [0.25, 0.3) is 0 Å². The highest BCUT2D eigenvalue weighted by atomic mass is 32.1. The molecule has 0 saturated carbocycles. The first kappa shape index (κ1) is 22.4. The van der Waals surface area contributed by atoms with Crippen LogP contribution in [0.2, 0.25) is 0 Å². The van der Waals surface area contributed by atoms with E-state index in [1.54, 1.807) is 6.07 Å². The number of nitrogens with one attached hydrogen (secondary N) is 1. The molecule has 8 nitrogen and oxygen atoms in total. The second kappa shape index (κ2) is 8.60. The van der Waals surface area contributed by atoms with E-state index in [1.165, 1.54) is 4.90 Å². The third-order valence-corrected chi connectivity index (χ3v) is 5.00. The number of carbonyl (C=O) groups is 3. The van der Waals surface area contributed by atoms with Crippen LogP contribution in [0, 0.1) is 6.92 Å². The molecule has 2 rings (SSSR count). The second-order valence-electron chi connectivity index (χ2n) is 7.82. The highest BCUT2D eigenvalue weighted by Gasteiger charge is 2.34. The van der Waals surface area contributed by atoms with Crippen molar-refractivity contribution in [2.75, 3.05) is 10.6 Å². The molecule has 0 fully saturated rings. The molecule has 29 heavy (non-hydrogen) atoms. The average molecular weight is 418 g/mol. The normalized spacial score (nSPS) is 12.3. The molecule has 1 heterocycles. The highest BCUT2D eigenvalue weighted by molar-refractivity contribution is 7.09. The summed E-state index contributed by atoms with van der Waals surface area (Å²) in [4.78, 5) is 39.4. The van der Waals surface area contributed by atoms with Gasteiger partial charge in [-0.3, -0.25) is 19.3 Å². The summed E-state index contributed by atoms with van der Waals surface area (Å²) in [5, 5.41) is 2.93. The molecule has 0 aliphatic carbocycles. The zero-order valence-corrected chi connectivity index (χ0v) is 18.1. The number of nitrogen functional groups attached to an aromatic ring is 1. The van der Waals surface area contributed by atoms with Gasteiger partial charge in [0.2, 0.25) is 5.91 Å². The van der Waals surface area contributed by atoms with Crippen LogP contribution in [0.3, 0.4) is 0 Å². The summed E-state index contributed by atoms with van der Waals surface area (Å²) in [6.45, 7) is 9.34. The van der Waals surface area contributed by atoms with Crippen molar-refractivity contribution in [1.82, 2.24) is 9.69 Å². The third kappa shape index (κ3) is 5.11. The maximum absolute atomic E-state index is 13.5. The van der Waals surface area contributed by atoms with Gasteiger partial charge >= 0.3 is 0 Å². The third-order valence-electron chi connectivity index (χ3n) is 4.15. The molecule has 5 N–H and O–H groups in total. The SMILES string of the molecule is CC[C@H](C(=O)NC(C)(C)C)N(C(=O)c1snc(C(N)=O)c1N)c1cccc(C)c1. The van der Waals surface area contributed by atoms with Crippen molar-refractivity contribution in [2.45, 2.75) is 52.6 Å². The summed E-state index contributed by atoms with van der Waals surface area (Å²) in [6, 6.07) is 6.50. The predicted octanol–water partition coefficient (Wildman–Crippen LogP) is 2.47. The predicted molar refractivity (Wildman–Crippen MR) is 115 cm³/mol. The van der Waals surface area contributed by atoms with Crippen molar-refractivity contribution >= 4 is 40.6 Å². The first-order chi connectivity index (χ1) is 13.5.